The second-order valence-corrected chi connectivity index (χ2v) is 10.4. The Morgan fingerprint density at radius 2 is 1.87 bits per heavy atom. The van der Waals surface area contributed by atoms with Crippen molar-refractivity contribution < 1.29 is 14.6 Å². The fraction of sp³-hybridized carbons (Fsp3) is 0.909. The zero-order chi connectivity index (χ0) is 12.1. The van der Waals surface area contributed by atoms with E-state index in [0.29, 0.717) is 19.3 Å². The van der Waals surface area contributed by atoms with Crippen molar-refractivity contribution in [2.24, 2.45) is 0 Å². The molecule has 0 amide bonds. The predicted octanol–water partition coefficient (Wildman–Crippen LogP) is 2.35. The molecule has 0 unspecified atom stereocenters. The number of hydrogen-bond acceptors (Lipinski definition) is 3. The van der Waals surface area contributed by atoms with Crippen LogP contribution in [0.5, 0.6) is 0 Å². The molecule has 2 atom stereocenters. The molecular formula is C11H24O3Si. The Labute approximate surface area is 93.8 Å². The van der Waals surface area contributed by atoms with Gasteiger partial charge in [0, 0.05) is 12.8 Å². The summed E-state index contributed by atoms with van der Waals surface area (Å²) in [6, 6.07) is 0. The average Bonchev–Trinajstić information content (AvgIpc) is 2.14. The lowest BCUT2D eigenvalue weighted by Gasteiger charge is -2.30. The van der Waals surface area contributed by atoms with E-state index >= 15 is 0 Å². The van der Waals surface area contributed by atoms with Crippen LogP contribution in [0.3, 0.4) is 0 Å². The van der Waals surface area contributed by atoms with Crippen LogP contribution in [0.4, 0.5) is 0 Å². The highest BCUT2D eigenvalue weighted by atomic mass is 28.3. The van der Waals surface area contributed by atoms with Crippen molar-refractivity contribution in [3.63, 3.8) is 0 Å². The zero-order valence-electron chi connectivity index (χ0n) is 10.5. The minimum absolute atomic E-state index is 0.0695. The summed E-state index contributed by atoms with van der Waals surface area (Å²) in [5, 5.41) is 9.61. The summed E-state index contributed by atoms with van der Waals surface area (Å²) in [5.74, 6) is -0.161. The van der Waals surface area contributed by atoms with Gasteiger partial charge in [0.15, 0.2) is 0 Å². The Hall–Kier alpha value is -0.353. The first-order valence-corrected chi connectivity index (χ1v) is 9.26. The van der Waals surface area contributed by atoms with E-state index in [-0.39, 0.29) is 17.8 Å². The molecule has 0 rings (SSSR count). The quantitative estimate of drug-likeness (QED) is 0.565. The first-order chi connectivity index (χ1) is 6.81. The summed E-state index contributed by atoms with van der Waals surface area (Å²) in [4.78, 5) is 11.3. The molecule has 0 heterocycles. The number of esters is 1. The van der Waals surface area contributed by atoms with Gasteiger partial charge in [-0.3, -0.25) is 4.79 Å². The molecule has 0 fully saturated rings. The third-order valence-corrected chi connectivity index (χ3v) is 4.77. The number of hydrogen-bond donors (Lipinski definition) is 1. The van der Waals surface area contributed by atoms with Gasteiger partial charge in [-0.15, -0.1) is 0 Å². The summed E-state index contributed by atoms with van der Waals surface area (Å²) in [7, 11) is -1.55. The molecule has 0 saturated heterocycles. The highest BCUT2D eigenvalue weighted by Gasteiger charge is 2.31. The van der Waals surface area contributed by atoms with E-state index in [1.54, 1.807) is 6.92 Å². The average molecular weight is 232 g/mol. The zero-order valence-corrected chi connectivity index (χ0v) is 11.5. The molecule has 1 N–H and O–H groups in total. The van der Waals surface area contributed by atoms with Crippen LogP contribution in [0.2, 0.25) is 19.6 Å². The van der Waals surface area contributed by atoms with Gasteiger partial charge in [0.1, 0.15) is 0 Å². The molecule has 15 heavy (non-hydrogen) atoms. The van der Waals surface area contributed by atoms with E-state index < -0.39 is 8.07 Å². The summed E-state index contributed by atoms with van der Waals surface area (Å²) >= 11 is 0. The first-order valence-electron chi connectivity index (χ1n) is 5.68. The lowest BCUT2D eigenvalue weighted by Crippen LogP contribution is -2.43. The smallest absolute Gasteiger partial charge is 0.305 e. The van der Waals surface area contributed by atoms with Crippen molar-refractivity contribution in [1.29, 1.82) is 0 Å². The number of carbonyl (C=O) groups is 1. The standard InChI is InChI=1S/C11H24O3Si/c1-6-9(12)8-11(15(3,4)5)14-10(13)7-2/h9,11-12H,6-8H2,1-5H3/t9-,11+/m0/s1. The van der Waals surface area contributed by atoms with E-state index in [9.17, 15) is 9.90 Å². The maximum Gasteiger partial charge on any atom is 0.305 e. The van der Waals surface area contributed by atoms with Gasteiger partial charge in [0.25, 0.3) is 0 Å². The SMILES string of the molecule is CCC(=O)O[C@@H](C[C@@H](O)CC)[Si](C)(C)C. The van der Waals surface area contributed by atoms with Crippen LogP contribution >= 0.6 is 0 Å². The van der Waals surface area contributed by atoms with E-state index in [4.69, 9.17) is 4.74 Å². The van der Waals surface area contributed by atoms with Gasteiger partial charge in [0.05, 0.1) is 19.9 Å². The Bertz CT molecular complexity index is 198. The maximum atomic E-state index is 11.3. The minimum Gasteiger partial charge on any atom is -0.466 e. The van der Waals surface area contributed by atoms with Crippen molar-refractivity contribution in [2.75, 3.05) is 0 Å². The van der Waals surface area contributed by atoms with Crippen LogP contribution < -0.4 is 0 Å². The number of aliphatic hydroxyl groups excluding tert-OH is 1. The molecule has 0 radical (unpaired) electrons. The summed E-state index contributed by atoms with van der Waals surface area (Å²) in [6.07, 6.45) is 1.35. The van der Waals surface area contributed by atoms with Gasteiger partial charge in [0.2, 0.25) is 0 Å². The molecule has 0 aliphatic rings. The van der Waals surface area contributed by atoms with Gasteiger partial charge < -0.3 is 9.84 Å². The van der Waals surface area contributed by atoms with E-state index in [1.807, 2.05) is 6.92 Å². The minimum atomic E-state index is -1.55. The fourth-order valence-corrected chi connectivity index (χ4v) is 2.70. The molecule has 0 spiro atoms. The second kappa shape index (κ2) is 6.28. The van der Waals surface area contributed by atoms with Crippen LogP contribution in [0.15, 0.2) is 0 Å². The molecule has 4 heteroatoms. The largest absolute Gasteiger partial charge is 0.466 e. The predicted molar refractivity (Wildman–Crippen MR) is 64.4 cm³/mol. The van der Waals surface area contributed by atoms with E-state index in [0.717, 1.165) is 0 Å². The molecule has 0 aliphatic heterocycles. The number of aliphatic hydroxyl groups is 1. The number of rotatable bonds is 6. The molecule has 90 valence electrons. The Morgan fingerprint density at radius 1 is 1.33 bits per heavy atom. The molecule has 0 bridgehead atoms. The molecule has 0 aliphatic carbocycles. The molecule has 0 aromatic heterocycles. The van der Waals surface area contributed by atoms with Crippen molar-refractivity contribution in [3.05, 3.63) is 0 Å². The molecule has 0 aromatic carbocycles. The van der Waals surface area contributed by atoms with Crippen LogP contribution in [-0.4, -0.2) is 31.0 Å². The topological polar surface area (TPSA) is 46.5 Å². The van der Waals surface area contributed by atoms with Crippen molar-refractivity contribution in [3.8, 4) is 0 Å². The molecule has 0 saturated carbocycles. The maximum absolute atomic E-state index is 11.3. The van der Waals surface area contributed by atoms with Gasteiger partial charge >= 0.3 is 5.97 Å². The second-order valence-electron chi connectivity index (χ2n) is 5.00. The monoisotopic (exact) mass is 232 g/mol. The lowest BCUT2D eigenvalue weighted by molar-refractivity contribution is -0.146. The highest BCUT2D eigenvalue weighted by molar-refractivity contribution is 6.77. The van der Waals surface area contributed by atoms with Crippen LogP contribution in [0.25, 0.3) is 0 Å². The van der Waals surface area contributed by atoms with Crippen LogP contribution in [-0.2, 0) is 9.53 Å². The fourth-order valence-electron chi connectivity index (χ4n) is 1.23. The third kappa shape index (κ3) is 5.94. The van der Waals surface area contributed by atoms with Crippen molar-refractivity contribution >= 4 is 14.0 Å². The van der Waals surface area contributed by atoms with Gasteiger partial charge in [-0.1, -0.05) is 33.5 Å². The normalized spacial score (nSPS) is 15.9. The summed E-state index contributed by atoms with van der Waals surface area (Å²) in [5.41, 5.74) is -0.0695. The molecule has 0 aromatic rings. The Kier molecular flexibility index (Phi) is 6.13. The van der Waals surface area contributed by atoms with Crippen LogP contribution in [0.1, 0.15) is 33.1 Å². The number of ether oxygens (including phenoxy) is 1. The Balaban J connectivity index is 4.39. The van der Waals surface area contributed by atoms with Crippen LogP contribution in [0, 0.1) is 0 Å². The highest BCUT2D eigenvalue weighted by Crippen LogP contribution is 2.18. The summed E-state index contributed by atoms with van der Waals surface area (Å²) in [6.45, 7) is 10.2. The summed E-state index contributed by atoms with van der Waals surface area (Å²) < 4.78 is 5.40. The molecular weight excluding hydrogens is 208 g/mol. The van der Waals surface area contributed by atoms with Gasteiger partial charge in [-0.25, -0.2) is 0 Å². The van der Waals surface area contributed by atoms with Gasteiger partial charge in [-0.2, -0.15) is 0 Å². The van der Waals surface area contributed by atoms with Crippen molar-refractivity contribution in [1.82, 2.24) is 0 Å². The van der Waals surface area contributed by atoms with E-state index in [2.05, 4.69) is 19.6 Å². The lowest BCUT2D eigenvalue weighted by atomic mass is 10.2. The Morgan fingerprint density at radius 3 is 2.20 bits per heavy atom. The van der Waals surface area contributed by atoms with Gasteiger partial charge in [-0.05, 0) is 6.42 Å². The van der Waals surface area contributed by atoms with Crippen molar-refractivity contribution in [2.45, 2.75) is 64.6 Å². The number of carbonyl (C=O) groups excluding carboxylic acids is 1. The molecule has 3 nitrogen and oxygen atoms in total. The van der Waals surface area contributed by atoms with E-state index in [1.165, 1.54) is 0 Å². The first kappa shape index (κ1) is 14.6. The third-order valence-electron chi connectivity index (χ3n) is 2.49.